The first kappa shape index (κ1) is 20.9. The number of nitrogens with two attached hydrogens (primary N) is 1. The summed E-state index contributed by atoms with van der Waals surface area (Å²) < 4.78 is 0. The molecule has 7 nitrogen and oxygen atoms in total. The van der Waals surface area contributed by atoms with Crippen LogP contribution in [0.4, 0.5) is 5.69 Å². The second kappa shape index (κ2) is 10.7. The SMILES string of the molecule is Cl.NCC(=O)NCC(=O)Nc1ccc(C(=O)NC2CCCCC2)cc1. The number of hydrogen-bond donors (Lipinski definition) is 4. The van der Waals surface area contributed by atoms with Gasteiger partial charge >= 0.3 is 0 Å². The molecule has 0 saturated heterocycles. The standard InChI is InChI=1S/C17H24N4O3.ClH/c18-10-15(22)19-11-16(23)20-14-8-6-12(7-9-14)17(24)21-13-4-2-1-3-5-13;/h6-9,13H,1-5,10-11,18H2,(H,19,22)(H,20,23)(H,21,24);1H. The first-order valence-corrected chi connectivity index (χ1v) is 8.26. The molecule has 1 aromatic carbocycles. The van der Waals surface area contributed by atoms with Crippen LogP contribution in [-0.2, 0) is 9.59 Å². The average Bonchev–Trinajstić information content (AvgIpc) is 2.61. The van der Waals surface area contributed by atoms with Crippen LogP contribution < -0.4 is 21.7 Å². The van der Waals surface area contributed by atoms with Crippen LogP contribution >= 0.6 is 12.4 Å². The van der Waals surface area contributed by atoms with Gasteiger partial charge in [-0.25, -0.2) is 0 Å². The average molecular weight is 369 g/mol. The van der Waals surface area contributed by atoms with Gasteiger partial charge in [0.15, 0.2) is 0 Å². The van der Waals surface area contributed by atoms with Crippen molar-refractivity contribution < 1.29 is 14.4 Å². The van der Waals surface area contributed by atoms with Crippen molar-refractivity contribution in [3.8, 4) is 0 Å². The van der Waals surface area contributed by atoms with Crippen molar-refractivity contribution >= 4 is 35.8 Å². The first-order valence-electron chi connectivity index (χ1n) is 8.26. The Kier molecular flexibility index (Phi) is 8.94. The number of carbonyl (C=O) groups excluding carboxylic acids is 3. The number of carbonyl (C=O) groups is 3. The predicted octanol–water partition coefficient (Wildman–Crippen LogP) is 1.18. The van der Waals surface area contributed by atoms with Gasteiger partial charge in [0.1, 0.15) is 0 Å². The molecular weight excluding hydrogens is 344 g/mol. The maximum absolute atomic E-state index is 12.2. The van der Waals surface area contributed by atoms with Crippen LogP contribution in [-0.4, -0.2) is 36.9 Å². The van der Waals surface area contributed by atoms with Gasteiger partial charge in [-0.1, -0.05) is 19.3 Å². The minimum Gasteiger partial charge on any atom is -0.349 e. The molecule has 0 atom stereocenters. The summed E-state index contributed by atoms with van der Waals surface area (Å²) in [5.41, 5.74) is 6.27. The third-order valence-electron chi connectivity index (χ3n) is 4.00. The Morgan fingerprint density at radius 3 is 2.24 bits per heavy atom. The molecule has 0 heterocycles. The van der Waals surface area contributed by atoms with Crippen molar-refractivity contribution in [2.75, 3.05) is 18.4 Å². The van der Waals surface area contributed by atoms with Crippen molar-refractivity contribution in [2.24, 2.45) is 5.73 Å². The lowest BCUT2D eigenvalue weighted by Crippen LogP contribution is -2.36. The van der Waals surface area contributed by atoms with Gasteiger partial charge in [-0.05, 0) is 37.1 Å². The molecule has 0 bridgehead atoms. The third-order valence-corrected chi connectivity index (χ3v) is 4.00. The minimum absolute atomic E-state index is 0. The monoisotopic (exact) mass is 368 g/mol. The van der Waals surface area contributed by atoms with E-state index in [1.54, 1.807) is 24.3 Å². The predicted molar refractivity (Wildman–Crippen MR) is 98.7 cm³/mol. The van der Waals surface area contributed by atoms with Crippen molar-refractivity contribution in [3.63, 3.8) is 0 Å². The number of halogens is 1. The normalized spacial score (nSPS) is 14.1. The van der Waals surface area contributed by atoms with Gasteiger partial charge in [0.05, 0.1) is 13.1 Å². The number of amides is 3. The zero-order chi connectivity index (χ0) is 17.4. The Morgan fingerprint density at radius 2 is 1.64 bits per heavy atom. The summed E-state index contributed by atoms with van der Waals surface area (Å²) in [6, 6.07) is 6.94. The molecule has 0 aliphatic heterocycles. The maximum atomic E-state index is 12.2. The molecule has 25 heavy (non-hydrogen) atoms. The smallest absolute Gasteiger partial charge is 0.251 e. The Morgan fingerprint density at radius 1 is 1.00 bits per heavy atom. The molecule has 1 saturated carbocycles. The summed E-state index contributed by atoms with van der Waals surface area (Å²) in [6.45, 7) is -0.294. The largest absolute Gasteiger partial charge is 0.349 e. The minimum atomic E-state index is -0.389. The molecule has 138 valence electrons. The Hall–Kier alpha value is -2.12. The summed E-state index contributed by atoms with van der Waals surface area (Å²) in [7, 11) is 0. The fourth-order valence-corrected chi connectivity index (χ4v) is 2.68. The molecule has 2 rings (SSSR count). The first-order chi connectivity index (χ1) is 11.6. The molecule has 0 radical (unpaired) electrons. The van der Waals surface area contributed by atoms with Crippen molar-refractivity contribution in [1.82, 2.24) is 10.6 Å². The summed E-state index contributed by atoms with van der Waals surface area (Å²) in [5, 5.41) is 8.08. The van der Waals surface area contributed by atoms with Crippen LogP contribution in [0.1, 0.15) is 42.5 Å². The zero-order valence-corrected chi connectivity index (χ0v) is 14.9. The number of hydrogen-bond acceptors (Lipinski definition) is 4. The lowest BCUT2D eigenvalue weighted by atomic mass is 9.95. The molecule has 5 N–H and O–H groups in total. The van der Waals surface area contributed by atoms with Crippen molar-refractivity contribution in [2.45, 2.75) is 38.1 Å². The lowest BCUT2D eigenvalue weighted by molar-refractivity contribution is -0.123. The van der Waals surface area contributed by atoms with E-state index in [0.717, 1.165) is 25.7 Å². The molecule has 1 aliphatic rings. The van der Waals surface area contributed by atoms with E-state index >= 15 is 0 Å². The Balaban J connectivity index is 0.00000312. The highest BCUT2D eigenvalue weighted by molar-refractivity contribution is 5.97. The van der Waals surface area contributed by atoms with Gasteiger partial charge in [-0.15, -0.1) is 12.4 Å². The second-order valence-corrected chi connectivity index (χ2v) is 5.91. The highest BCUT2D eigenvalue weighted by Crippen LogP contribution is 2.18. The van der Waals surface area contributed by atoms with E-state index in [1.165, 1.54) is 6.42 Å². The van der Waals surface area contributed by atoms with Crippen molar-refractivity contribution in [3.05, 3.63) is 29.8 Å². The third kappa shape index (κ3) is 7.11. The molecule has 0 spiro atoms. The van der Waals surface area contributed by atoms with Crippen LogP contribution in [0, 0.1) is 0 Å². The van der Waals surface area contributed by atoms with E-state index in [9.17, 15) is 14.4 Å². The summed E-state index contributed by atoms with van der Waals surface area (Å²) >= 11 is 0. The van der Waals surface area contributed by atoms with Gasteiger partial charge in [0.25, 0.3) is 5.91 Å². The van der Waals surface area contributed by atoms with Gasteiger partial charge in [0, 0.05) is 17.3 Å². The van der Waals surface area contributed by atoms with Crippen LogP contribution in [0.5, 0.6) is 0 Å². The number of anilines is 1. The van der Waals surface area contributed by atoms with Gasteiger partial charge in [0.2, 0.25) is 11.8 Å². The van der Waals surface area contributed by atoms with Gasteiger partial charge in [-0.2, -0.15) is 0 Å². The van der Waals surface area contributed by atoms with Gasteiger partial charge < -0.3 is 21.7 Å². The van der Waals surface area contributed by atoms with Crippen LogP contribution in [0.25, 0.3) is 0 Å². The summed E-state index contributed by atoms with van der Waals surface area (Å²) in [4.78, 5) is 34.9. The zero-order valence-electron chi connectivity index (χ0n) is 14.0. The highest BCUT2D eigenvalue weighted by Gasteiger charge is 2.16. The fraction of sp³-hybridized carbons (Fsp3) is 0.471. The molecule has 3 amide bonds. The molecule has 8 heteroatoms. The Bertz CT molecular complexity index is 586. The Labute approximate surface area is 153 Å². The van der Waals surface area contributed by atoms with Crippen molar-refractivity contribution in [1.29, 1.82) is 0 Å². The van der Waals surface area contributed by atoms with Crippen LogP contribution in [0.15, 0.2) is 24.3 Å². The number of benzene rings is 1. The van der Waals surface area contributed by atoms with Gasteiger partial charge in [-0.3, -0.25) is 14.4 Å². The number of rotatable bonds is 6. The molecule has 0 aromatic heterocycles. The lowest BCUT2D eigenvalue weighted by Gasteiger charge is -2.22. The van der Waals surface area contributed by atoms with E-state index in [-0.39, 0.29) is 49.3 Å². The quantitative estimate of drug-likeness (QED) is 0.603. The molecular formula is C17H25ClN4O3. The highest BCUT2D eigenvalue weighted by atomic mass is 35.5. The molecule has 1 aliphatic carbocycles. The summed E-state index contributed by atoms with van der Waals surface area (Å²) in [6.07, 6.45) is 5.64. The fourth-order valence-electron chi connectivity index (χ4n) is 2.68. The molecule has 1 fully saturated rings. The molecule has 0 unspecified atom stereocenters. The number of nitrogens with one attached hydrogen (secondary N) is 3. The maximum Gasteiger partial charge on any atom is 0.251 e. The van der Waals surface area contributed by atoms with Crippen LogP contribution in [0.3, 0.4) is 0 Å². The van der Waals surface area contributed by atoms with E-state index < -0.39 is 0 Å². The summed E-state index contributed by atoms with van der Waals surface area (Å²) in [5.74, 6) is -0.828. The topological polar surface area (TPSA) is 113 Å². The second-order valence-electron chi connectivity index (χ2n) is 5.91. The van der Waals surface area contributed by atoms with E-state index in [0.29, 0.717) is 11.3 Å². The van der Waals surface area contributed by atoms with E-state index in [2.05, 4.69) is 16.0 Å². The van der Waals surface area contributed by atoms with E-state index in [1.807, 2.05) is 0 Å². The molecule has 1 aromatic rings. The van der Waals surface area contributed by atoms with Crippen LogP contribution in [0.2, 0.25) is 0 Å². The van der Waals surface area contributed by atoms with E-state index in [4.69, 9.17) is 5.73 Å².